The molecule has 160 valence electrons. The Morgan fingerprint density at radius 3 is 2.50 bits per heavy atom. The number of benzene rings is 1. The number of amides is 1. The van der Waals surface area contributed by atoms with Crippen LogP contribution >= 0.6 is 0 Å². The number of piperazine rings is 1. The quantitative estimate of drug-likeness (QED) is 0.669. The first-order chi connectivity index (χ1) is 14.6. The average Bonchev–Trinajstić information content (AvgIpc) is 3.50. The summed E-state index contributed by atoms with van der Waals surface area (Å²) >= 11 is 0. The molecule has 1 atom stereocenters. The predicted octanol–water partition coefficient (Wildman–Crippen LogP) is 1.32. The van der Waals surface area contributed by atoms with Crippen LogP contribution in [0.2, 0.25) is 0 Å². The van der Waals surface area contributed by atoms with E-state index in [0.717, 1.165) is 31.5 Å². The molecule has 2 fully saturated rings. The number of aromatic nitrogens is 3. The summed E-state index contributed by atoms with van der Waals surface area (Å²) in [6.07, 6.45) is 5.69. The van der Waals surface area contributed by atoms with E-state index in [1.807, 2.05) is 38.9 Å². The van der Waals surface area contributed by atoms with Crippen molar-refractivity contribution in [1.29, 1.82) is 0 Å². The molecule has 1 unspecified atom stereocenters. The average molecular weight is 412 g/mol. The van der Waals surface area contributed by atoms with Crippen LogP contribution < -0.4 is 0 Å². The molecule has 1 amide bonds. The number of aliphatic carboxylic acids is 1. The lowest BCUT2D eigenvalue weighted by Gasteiger charge is -2.35. The van der Waals surface area contributed by atoms with Crippen LogP contribution in [0.1, 0.15) is 24.1 Å². The van der Waals surface area contributed by atoms with Gasteiger partial charge in [0.1, 0.15) is 0 Å². The number of carboxylic acid groups (broad SMARTS) is 1. The molecule has 0 bridgehead atoms. The van der Waals surface area contributed by atoms with Crippen LogP contribution in [0.25, 0.3) is 0 Å². The molecule has 8 nitrogen and oxygen atoms in total. The minimum atomic E-state index is -0.819. The van der Waals surface area contributed by atoms with E-state index in [9.17, 15) is 9.59 Å². The van der Waals surface area contributed by atoms with Crippen LogP contribution in [-0.4, -0.2) is 74.5 Å². The first kappa shape index (κ1) is 20.5. The van der Waals surface area contributed by atoms with E-state index in [0.29, 0.717) is 38.5 Å². The fraction of sp³-hybridized carbons (Fsp3) is 0.545. The summed E-state index contributed by atoms with van der Waals surface area (Å²) in [4.78, 5) is 27.8. The third-order valence-corrected chi connectivity index (χ3v) is 6.04. The van der Waals surface area contributed by atoms with Gasteiger partial charge in [-0.05, 0) is 30.7 Å². The Morgan fingerprint density at radius 2 is 1.83 bits per heavy atom. The first-order valence-corrected chi connectivity index (χ1v) is 10.7. The zero-order valence-electron chi connectivity index (χ0n) is 17.2. The largest absolute Gasteiger partial charge is 0.480 e. The van der Waals surface area contributed by atoms with Crippen LogP contribution in [0.5, 0.6) is 0 Å². The number of hydrogen-bond acceptors (Lipinski definition) is 5. The van der Waals surface area contributed by atoms with E-state index < -0.39 is 5.97 Å². The highest BCUT2D eigenvalue weighted by atomic mass is 16.4. The van der Waals surface area contributed by atoms with Gasteiger partial charge in [0.2, 0.25) is 5.91 Å². The molecule has 2 heterocycles. The standard InChI is InChI=1S/C22H29N5O3/c28-21(29)16-25-10-12-26(13-11-25)22(30)20(18-6-7-18)14-19-15-27(24-23-19)9-8-17-4-2-1-3-5-17/h1-5,15,18,20H,6-14,16H2,(H,28,29). The number of carbonyl (C=O) groups is 2. The second-order valence-corrected chi connectivity index (χ2v) is 8.35. The maximum Gasteiger partial charge on any atom is 0.317 e. The number of nitrogens with zero attached hydrogens (tertiary/aromatic N) is 5. The van der Waals surface area contributed by atoms with Gasteiger partial charge in [0.25, 0.3) is 0 Å². The lowest BCUT2D eigenvalue weighted by Crippen LogP contribution is -2.51. The highest BCUT2D eigenvalue weighted by molar-refractivity contribution is 5.80. The maximum atomic E-state index is 13.2. The van der Waals surface area contributed by atoms with Crippen molar-refractivity contribution in [2.24, 2.45) is 11.8 Å². The van der Waals surface area contributed by atoms with Crippen molar-refractivity contribution in [2.75, 3.05) is 32.7 Å². The molecule has 30 heavy (non-hydrogen) atoms. The van der Waals surface area contributed by atoms with Gasteiger partial charge in [-0.2, -0.15) is 0 Å². The Balaban J connectivity index is 1.31. The number of rotatable bonds is 9. The molecule has 1 saturated heterocycles. The van der Waals surface area contributed by atoms with Gasteiger partial charge in [0.05, 0.1) is 12.2 Å². The van der Waals surface area contributed by atoms with Gasteiger partial charge in [0, 0.05) is 51.3 Å². The van der Waals surface area contributed by atoms with Crippen molar-refractivity contribution in [1.82, 2.24) is 24.8 Å². The number of carbonyl (C=O) groups excluding carboxylic acids is 1. The van der Waals surface area contributed by atoms with Crippen LogP contribution in [0.3, 0.4) is 0 Å². The summed E-state index contributed by atoms with van der Waals surface area (Å²) in [5, 5.41) is 17.5. The molecule has 0 spiro atoms. The first-order valence-electron chi connectivity index (χ1n) is 10.7. The Bertz CT molecular complexity index is 857. The number of hydrogen-bond donors (Lipinski definition) is 1. The molecule has 1 N–H and O–H groups in total. The zero-order chi connectivity index (χ0) is 20.9. The Kier molecular flexibility index (Phi) is 6.42. The van der Waals surface area contributed by atoms with E-state index in [4.69, 9.17) is 5.11 Å². The summed E-state index contributed by atoms with van der Waals surface area (Å²) in [5.74, 6) is -0.244. The van der Waals surface area contributed by atoms with Crippen molar-refractivity contribution < 1.29 is 14.7 Å². The predicted molar refractivity (Wildman–Crippen MR) is 111 cm³/mol. The summed E-state index contributed by atoms with van der Waals surface area (Å²) in [5.41, 5.74) is 2.14. The van der Waals surface area contributed by atoms with Gasteiger partial charge in [-0.15, -0.1) is 5.10 Å². The second-order valence-electron chi connectivity index (χ2n) is 8.35. The lowest BCUT2D eigenvalue weighted by molar-refractivity contribution is -0.140. The monoisotopic (exact) mass is 411 g/mol. The molecule has 0 radical (unpaired) electrons. The van der Waals surface area contributed by atoms with Crippen molar-refractivity contribution >= 4 is 11.9 Å². The zero-order valence-corrected chi connectivity index (χ0v) is 17.2. The van der Waals surface area contributed by atoms with Gasteiger partial charge in [-0.25, -0.2) is 0 Å². The lowest BCUT2D eigenvalue weighted by atomic mass is 9.96. The van der Waals surface area contributed by atoms with Crippen LogP contribution in [0.15, 0.2) is 36.5 Å². The molecule has 2 aliphatic rings. The fourth-order valence-electron chi connectivity index (χ4n) is 4.16. The van der Waals surface area contributed by atoms with E-state index >= 15 is 0 Å². The Labute approximate surface area is 176 Å². The molecule has 1 aliphatic heterocycles. The highest BCUT2D eigenvalue weighted by Crippen LogP contribution is 2.39. The molecular weight excluding hydrogens is 382 g/mol. The normalized spacial score (nSPS) is 18.3. The van der Waals surface area contributed by atoms with E-state index in [1.165, 1.54) is 5.56 Å². The highest BCUT2D eigenvalue weighted by Gasteiger charge is 2.39. The SMILES string of the molecule is O=C(O)CN1CCN(C(=O)C(Cc2cn(CCc3ccccc3)nn2)C2CC2)CC1. The van der Waals surface area contributed by atoms with Crippen LogP contribution in [-0.2, 0) is 29.0 Å². The third kappa shape index (κ3) is 5.44. The molecule has 4 rings (SSSR count). The molecule has 8 heteroatoms. The molecule has 1 saturated carbocycles. The minimum Gasteiger partial charge on any atom is -0.480 e. The van der Waals surface area contributed by atoms with Gasteiger partial charge in [0.15, 0.2) is 0 Å². The van der Waals surface area contributed by atoms with E-state index in [1.54, 1.807) is 0 Å². The van der Waals surface area contributed by atoms with E-state index in [2.05, 4.69) is 22.4 Å². The summed E-state index contributed by atoms with van der Waals surface area (Å²) < 4.78 is 1.86. The van der Waals surface area contributed by atoms with Crippen molar-refractivity contribution in [2.45, 2.75) is 32.2 Å². The van der Waals surface area contributed by atoms with Crippen molar-refractivity contribution in [3.63, 3.8) is 0 Å². The summed E-state index contributed by atoms with van der Waals surface area (Å²) in [6, 6.07) is 10.3. The molecule has 1 aromatic heterocycles. The Hall–Kier alpha value is -2.74. The number of aryl methyl sites for hydroxylation is 2. The fourth-order valence-corrected chi connectivity index (χ4v) is 4.16. The van der Waals surface area contributed by atoms with Gasteiger partial charge in [-0.3, -0.25) is 19.2 Å². The van der Waals surface area contributed by atoms with Crippen LogP contribution in [0, 0.1) is 11.8 Å². The molecular formula is C22H29N5O3. The summed E-state index contributed by atoms with van der Waals surface area (Å²) in [7, 11) is 0. The van der Waals surface area contributed by atoms with Crippen LogP contribution in [0.4, 0.5) is 0 Å². The Morgan fingerprint density at radius 1 is 1.10 bits per heavy atom. The minimum absolute atomic E-state index is 0.0418. The van der Waals surface area contributed by atoms with Crippen molar-refractivity contribution in [3.8, 4) is 0 Å². The van der Waals surface area contributed by atoms with Gasteiger partial charge in [-0.1, -0.05) is 35.5 Å². The smallest absolute Gasteiger partial charge is 0.317 e. The molecule has 1 aromatic carbocycles. The topological polar surface area (TPSA) is 91.6 Å². The molecule has 2 aromatic rings. The summed E-state index contributed by atoms with van der Waals surface area (Å²) in [6.45, 7) is 3.24. The van der Waals surface area contributed by atoms with Gasteiger partial charge >= 0.3 is 5.97 Å². The maximum absolute atomic E-state index is 13.2. The second kappa shape index (κ2) is 9.38. The van der Waals surface area contributed by atoms with Gasteiger partial charge < -0.3 is 10.0 Å². The molecule has 1 aliphatic carbocycles. The number of carboxylic acids is 1. The van der Waals surface area contributed by atoms with E-state index in [-0.39, 0.29) is 18.4 Å². The third-order valence-electron chi connectivity index (χ3n) is 6.04. The van der Waals surface area contributed by atoms with Crippen molar-refractivity contribution in [3.05, 3.63) is 47.8 Å².